The second-order valence-corrected chi connectivity index (χ2v) is 7.20. The maximum atomic E-state index is 5.50. The van der Waals surface area contributed by atoms with Gasteiger partial charge in [-0.3, -0.25) is 4.90 Å². The Labute approximate surface area is 170 Å². The molecule has 0 spiro atoms. The number of benzene rings is 2. The number of nitrogens with zero attached hydrogens (tertiary/aromatic N) is 4. The molecule has 1 atom stereocenters. The lowest BCUT2D eigenvalue weighted by Gasteiger charge is -2.40. The second kappa shape index (κ2) is 8.53. The summed E-state index contributed by atoms with van der Waals surface area (Å²) >= 11 is 0. The summed E-state index contributed by atoms with van der Waals surface area (Å²) in [4.78, 5) is 9.35. The minimum absolute atomic E-state index is 0.377. The first kappa shape index (κ1) is 19.3. The molecule has 0 aliphatic carbocycles. The van der Waals surface area contributed by atoms with E-state index < -0.39 is 0 Å². The van der Waals surface area contributed by atoms with Crippen molar-refractivity contribution in [2.24, 2.45) is 0 Å². The van der Waals surface area contributed by atoms with Crippen LogP contribution in [-0.2, 0) is 6.54 Å². The smallest absolute Gasteiger partial charge is 0.241 e. The average molecular weight is 394 g/mol. The van der Waals surface area contributed by atoms with Crippen LogP contribution in [0.25, 0.3) is 11.4 Å². The molecule has 7 nitrogen and oxygen atoms in total. The quantitative estimate of drug-likeness (QED) is 0.634. The Hall–Kier alpha value is -3.06. The monoisotopic (exact) mass is 394 g/mol. The van der Waals surface area contributed by atoms with E-state index in [0.29, 0.717) is 24.3 Å². The van der Waals surface area contributed by atoms with E-state index in [-0.39, 0.29) is 0 Å². The van der Waals surface area contributed by atoms with E-state index in [2.05, 4.69) is 39.0 Å². The van der Waals surface area contributed by atoms with Crippen molar-refractivity contribution in [3.63, 3.8) is 0 Å². The largest absolute Gasteiger partial charge is 0.497 e. The lowest BCUT2D eigenvalue weighted by molar-refractivity contribution is 0.159. The molecule has 7 heteroatoms. The molecule has 1 aliphatic rings. The molecule has 29 heavy (non-hydrogen) atoms. The van der Waals surface area contributed by atoms with Gasteiger partial charge in [-0.2, -0.15) is 4.98 Å². The Balaban J connectivity index is 1.37. The lowest BCUT2D eigenvalue weighted by atomic mass is 10.1. The molecule has 1 saturated heterocycles. The molecule has 1 fully saturated rings. The van der Waals surface area contributed by atoms with Gasteiger partial charge in [0.1, 0.15) is 11.5 Å². The molecule has 4 rings (SSSR count). The van der Waals surface area contributed by atoms with Gasteiger partial charge in [-0.15, -0.1) is 0 Å². The molecule has 0 bridgehead atoms. The van der Waals surface area contributed by atoms with Gasteiger partial charge in [-0.1, -0.05) is 5.16 Å². The number of anilines is 1. The fourth-order valence-electron chi connectivity index (χ4n) is 3.61. The van der Waals surface area contributed by atoms with E-state index >= 15 is 0 Å². The molecule has 0 amide bonds. The van der Waals surface area contributed by atoms with Crippen LogP contribution >= 0.6 is 0 Å². The number of ether oxygens (including phenoxy) is 2. The van der Waals surface area contributed by atoms with E-state index in [1.165, 1.54) is 5.69 Å². The highest BCUT2D eigenvalue weighted by molar-refractivity contribution is 5.55. The first-order chi connectivity index (χ1) is 14.2. The SMILES string of the molecule is COc1ccc(-c2noc(CN3CCN(c4ccc(OC)cc4)CC3C)n2)cc1. The molecule has 1 unspecified atom stereocenters. The fourth-order valence-corrected chi connectivity index (χ4v) is 3.61. The van der Waals surface area contributed by atoms with Crippen LogP contribution in [-0.4, -0.2) is 54.9 Å². The summed E-state index contributed by atoms with van der Waals surface area (Å²) in [6.45, 7) is 5.73. The summed E-state index contributed by atoms with van der Waals surface area (Å²) < 4.78 is 15.9. The van der Waals surface area contributed by atoms with Crippen molar-refractivity contribution in [2.45, 2.75) is 19.5 Å². The van der Waals surface area contributed by atoms with Crippen molar-refractivity contribution in [1.82, 2.24) is 15.0 Å². The van der Waals surface area contributed by atoms with Gasteiger partial charge in [0.15, 0.2) is 0 Å². The van der Waals surface area contributed by atoms with E-state index in [1.807, 2.05) is 36.4 Å². The number of piperazine rings is 1. The van der Waals surface area contributed by atoms with E-state index in [1.54, 1.807) is 14.2 Å². The average Bonchev–Trinajstić information content (AvgIpc) is 3.24. The number of rotatable bonds is 6. The Morgan fingerprint density at radius 1 is 0.966 bits per heavy atom. The molecule has 1 aliphatic heterocycles. The Morgan fingerprint density at radius 2 is 1.62 bits per heavy atom. The van der Waals surface area contributed by atoms with Crippen LogP contribution in [0.15, 0.2) is 53.1 Å². The summed E-state index contributed by atoms with van der Waals surface area (Å²) in [6.07, 6.45) is 0. The van der Waals surface area contributed by atoms with E-state index in [9.17, 15) is 0 Å². The number of hydrogen-bond donors (Lipinski definition) is 0. The summed E-state index contributed by atoms with van der Waals surface area (Å²) in [7, 11) is 3.34. The van der Waals surface area contributed by atoms with Gasteiger partial charge in [-0.25, -0.2) is 0 Å². The van der Waals surface area contributed by atoms with Crippen LogP contribution < -0.4 is 14.4 Å². The number of methoxy groups -OCH3 is 2. The van der Waals surface area contributed by atoms with Gasteiger partial charge in [0, 0.05) is 36.9 Å². The lowest BCUT2D eigenvalue weighted by Crippen LogP contribution is -2.51. The molecule has 2 aromatic carbocycles. The Kier molecular flexibility index (Phi) is 5.67. The van der Waals surface area contributed by atoms with Gasteiger partial charge in [0.2, 0.25) is 11.7 Å². The van der Waals surface area contributed by atoms with Crippen molar-refractivity contribution in [2.75, 3.05) is 38.8 Å². The molecule has 0 N–H and O–H groups in total. The summed E-state index contributed by atoms with van der Waals surface area (Å²) in [5.74, 6) is 2.93. The van der Waals surface area contributed by atoms with Gasteiger partial charge in [-0.05, 0) is 55.5 Å². The normalized spacial score (nSPS) is 17.3. The minimum Gasteiger partial charge on any atom is -0.497 e. The summed E-state index contributed by atoms with van der Waals surface area (Å²) in [6, 6.07) is 16.3. The van der Waals surface area contributed by atoms with E-state index in [0.717, 1.165) is 36.7 Å². The maximum Gasteiger partial charge on any atom is 0.241 e. The zero-order chi connectivity index (χ0) is 20.2. The van der Waals surface area contributed by atoms with Crippen molar-refractivity contribution in [3.8, 4) is 22.9 Å². The third-order valence-corrected chi connectivity index (χ3v) is 5.36. The predicted octanol–water partition coefficient (Wildman–Crippen LogP) is 3.46. The van der Waals surface area contributed by atoms with Crippen LogP contribution in [0, 0.1) is 0 Å². The van der Waals surface area contributed by atoms with Gasteiger partial charge in [0.25, 0.3) is 0 Å². The maximum absolute atomic E-state index is 5.50. The second-order valence-electron chi connectivity index (χ2n) is 7.20. The van der Waals surface area contributed by atoms with Gasteiger partial charge in [0.05, 0.1) is 20.8 Å². The third kappa shape index (κ3) is 4.35. The zero-order valence-corrected chi connectivity index (χ0v) is 17.0. The van der Waals surface area contributed by atoms with Crippen LogP contribution in [0.3, 0.4) is 0 Å². The van der Waals surface area contributed by atoms with Crippen molar-refractivity contribution < 1.29 is 14.0 Å². The number of hydrogen-bond acceptors (Lipinski definition) is 7. The van der Waals surface area contributed by atoms with Crippen LogP contribution in [0.4, 0.5) is 5.69 Å². The van der Waals surface area contributed by atoms with Gasteiger partial charge >= 0.3 is 0 Å². The van der Waals surface area contributed by atoms with E-state index in [4.69, 9.17) is 14.0 Å². The molecular weight excluding hydrogens is 368 g/mol. The molecular formula is C22H26N4O3. The Bertz CT molecular complexity index is 924. The minimum atomic E-state index is 0.377. The molecule has 0 saturated carbocycles. The zero-order valence-electron chi connectivity index (χ0n) is 17.0. The molecule has 1 aromatic heterocycles. The van der Waals surface area contributed by atoms with Crippen molar-refractivity contribution >= 4 is 5.69 Å². The predicted molar refractivity (Wildman–Crippen MR) is 111 cm³/mol. The molecule has 152 valence electrons. The molecule has 2 heterocycles. The highest BCUT2D eigenvalue weighted by atomic mass is 16.5. The first-order valence-electron chi connectivity index (χ1n) is 9.76. The summed E-state index contributed by atoms with van der Waals surface area (Å²) in [5.41, 5.74) is 2.13. The van der Waals surface area contributed by atoms with Crippen molar-refractivity contribution in [1.29, 1.82) is 0 Å². The van der Waals surface area contributed by atoms with Crippen LogP contribution in [0.5, 0.6) is 11.5 Å². The Morgan fingerprint density at radius 3 is 2.24 bits per heavy atom. The number of aromatic nitrogens is 2. The fraction of sp³-hybridized carbons (Fsp3) is 0.364. The molecule has 3 aromatic rings. The highest BCUT2D eigenvalue weighted by Crippen LogP contribution is 2.24. The summed E-state index contributed by atoms with van der Waals surface area (Å²) in [5, 5.41) is 4.14. The van der Waals surface area contributed by atoms with Crippen molar-refractivity contribution in [3.05, 3.63) is 54.4 Å². The standard InChI is InChI=1S/C22H26N4O3/c1-16-14-26(18-6-10-20(28-3)11-7-18)13-12-25(16)15-21-23-22(24-29-21)17-4-8-19(27-2)9-5-17/h4-11,16H,12-15H2,1-3H3. The third-order valence-electron chi connectivity index (χ3n) is 5.36. The first-order valence-corrected chi connectivity index (χ1v) is 9.76. The highest BCUT2D eigenvalue weighted by Gasteiger charge is 2.25. The van der Waals surface area contributed by atoms with Crippen LogP contribution in [0.2, 0.25) is 0 Å². The van der Waals surface area contributed by atoms with Gasteiger partial charge < -0.3 is 18.9 Å². The molecule has 0 radical (unpaired) electrons. The van der Waals surface area contributed by atoms with Crippen LogP contribution in [0.1, 0.15) is 12.8 Å². The topological polar surface area (TPSA) is 63.9 Å².